The Kier molecular flexibility index (Phi) is 4.18. The molecule has 0 atom stereocenters. The molecule has 1 heterocycles. The van der Waals surface area contributed by atoms with Gasteiger partial charge in [-0.05, 0) is 42.8 Å². The van der Waals surface area contributed by atoms with Crippen molar-refractivity contribution in [2.75, 3.05) is 0 Å². The zero-order chi connectivity index (χ0) is 14.8. The highest BCUT2D eigenvalue weighted by molar-refractivity contribution is 6.17. The molecule has 0 fully saturated rings. The number of hydrogen-bond acceptors (Lipinski definition) is 2. The van der Waals surface area contributed by atoms with E-state index in [4.69, 9.17) is 11.6 Å². The van der Waals surface area contributed by atoms with E-state index in [9.17, 15) is 13.2 Å². The van der Waals surface area contributed by atoms with Crippen molar-refractivity contribution in [1.82, 2.24) is 4.98 Å². The van der Waals surface area contributed by atoms with Gasteiger partial charge >= 0.3 is 6.36 Å². The Hall–Kier alpha value is -1.75. The average molecular weight is 302 g/mol. The summed E-state index contributed by atoms with van der Waals surface area (Å²) >= 11 is 5.75. The maximum Gasteiger partial charge on any atom is 0.573 e. The molecule has 0 aliphatic heterocycles. The third-order valence-corrected chi connectivity index (χ3v) is 3.01. The Labute approximate surface area is 119 Å². The summed E-state index contributed by atoms with van der Waals surface area (Å²) in [4.78, 5) is 4.37. The molecule has 0 aliphatic rings. The highest BCUT2D eigenvalue weighted by Gasteiger charge is 2.30. The van der Waals surface area contributed by atoms with E-state index < -0.39 is 6.36 Å². The van der Waals surface area contributed by atoms with Crippen molar-refractivity contribution in [3.63, 3.8) is 0 Å². The van der Waals surface area contributed by atoms with Gasteiger partial charge in [0, 0.05) is 17.1 Å². The maximum absolute atomic E-state index is 12.1. The summed E-state index contributed by atoms with van der Waals surface area (Å²) in [7, 11) is 0. The Morgan fingerprint density at radius 1 is 1.10 bits per heavy atom. The molecule has 20 heavy (non-hydrogen) atoms. The van der Waals surface area contributed by atoms with Gasteiger partial charge in [-0.2, -0.15) is 0 Å². The van der Waals surface area contributed by atoms with Crippen LogP contribution in [0.1, 0.15) is 11.3 Å². The lowest BCUT2D eigenvalue weighted by atomic mass is 10.1. The number of rotatable bonds is 3. The number of benzene rings is 1. The van der Waals surface area contributed by atoms with E-state index in [1.54, 1.807) is 6.07 Å². The quantitative estimate of drug-likeness (QED) is 0.767. The molecule has 0 saturated heterocycles. The number of alkyl halides is 4. The molecule has 1 aromatic heterocycles. The molecule has 0 saturated carbocycles. The SMILES string of the molecule is Cc1nc(-c2ccc(OC(F)(F)F)cc2)ccc1CCl. The number of aryl methyl sites for hydroxylation is 1. The van der Waals surface area contributed by atoms with Crippen LogP contribution in [0.3, 0.4) is 0 Å². The van der Waals surface area contributed by atoms with Crippen LogP contribution in [-0.2, 0) is 5.88 Å². The highest BCUT2D eigenvalue weighted by atomic mass is 35.5. The molecular weight excluding hydrogens is 291 g/mol. The number of pyridine rings is 1. The van der Waals surface area contributed by atoms with Crippen LogP contribution in [0, 0.1) is 6.92 Å². The summed E-state index contributed by atoms with van der Waals surface area (Å²) in [6.07, 6.45) is -4.68. The normalized spacial score (nSPS) is 11.4. The van der Waals surface area contributed by atoms with Crippen molar-refractivity contribution in [2.24, 2.45) is 0 Å². The van der Waals surface area contributed by atoms with E-state index in [0.717, 1.165) is 11.3 Å². The third kappa shape index (κ3) is 3.63. The predicted molar refractivity (Wildman–Crippen MR) is 70.7 cm³/mol. The maximum atomic E-state index is 12.1. The summed E-state index contributed by atoms with van der Waals surface area (Å²) in [6.45, 7) is 1.84. The molecule has 2 aromatic rings. The van der Waals surface area contributed by atoms with Crippen LogP contribution in [-0.4, -0.2) is 11.3 Å². The molecule has 0 unspecified atom stereocenters. The van der Waals surface area contributed by atoms with Crippen molar-refractivity contribution in [2.45, 2.75) is 19.2 Å². The minimum Gasteiger partial charge on any atom is -0.406 e. The van der Waals surface area contributed by atoms with Crippen molar-refractivity contribution >= 4 is 11.6 Å². The lowest BCUT2D eigenvalue weighted by molar-refractivity contribution is -0.274. The fourth-order valence-electron chi connectivity index (χ4n) is 1.72. The molecule has 106 valence electrons. The molecule has 0 radical (unpaired) electrons. The molecular formula is C14H11ClF3NO. The van der Waals surface area contributed by atoms with Gasteiger partial charge < -0.3 is 4.74 Å². The number of aromatic nitrogens is 1. The second-order valence-electron chi connectivity index (χ2n) is 4.15. The Morgan fingerprint density at radius 3 is 2.25 bits per heavy atom. The summed E-state index contributed by atoms with van der Waals surface area (Å²) in [5, 5.41) is 0. The van der Waals surface area contributed by atoms with E-state index in [1.807, 2.05) is 13.0 Å². The van der Waals surface area contributed by atoms with Crippen molar-refractivity contribution in [3.05, 3.63) is 47.7 Å². The Balaban J connectivity index is 2.24. The fraction of sp³-hybridized carbons (Fsp3) is 0.214. The monoisotopic (exact) mass is 301 g/mol. The van der Waals surface area contributed by atoms with E-state index in [-0.39, 0.29) is 5.75 Å². The molecule has 0 spiro atoms. The third-order valence-electron chi connectivity index (χ3n) is 2.72. The molecule has 0 amide bonds. The summed E-state index contributed by atoms with van der Waals surface area (Å²) < 4.78 is 40.0. The first-order chi connectivity index (χ1) is 9.39. The molecule has 0 N–H and O–H groups in total. The van der Waals surface area contributed by atoms with Crippen LogP contribution in [0.15, 0.2) is 36.4 Å². The van der Waals surface area contributed by atoms with Crippen molar-refractivity contribution < 1.29 is 17.9 Å². The molecule has 1 aromatic carbocycles. The van der Waals surface area contributed by atoms with Gasteiger partial charge in [-0.1, -0.05) is 6.07 Å². The minimum atomic E-state index is -4.68. The zero-order valence-corrected chi connectivity index (χ0v) is 11.3. The minimum absolute atomic E-state index is 0.254. The largest absolute Gasteiger partial charge is 0.573 e. The number of nitrogens with zero attached hydrogens (tertiary/aromatic N) is 1. The Morgan fingerprint density at radius 2 is 1.75 bits per heavy atom. The lowest BCUT2D eigenvalue weighted by Gasteiger charge is -2.10. The van der Waals surface area contributed by atoms with Gasteiger partial charge in [-0.3, -0.25) is 4.98 Å². The average Bonchev–Trinajstić information content (AvgIpc) is 2.37. The van der Waals surface area contributed by atoms with Gasteiger partial charge in [0.2, 0.25) is 0 Å². The lowest BCUT2D eigenvalue weighted by Crippen LogP contribution is -2.16. The van der Waals surface area contributed by atoms with Crippen LogP contribution in [0.4, 0.5) is 13.2 Å². The van der Waals surface area contributed by atoms with Crippen LogP contribution in [0.5, 0.6) is 5.75 Å². The van der Waals surface area contributed by atoms with Gasteiger partial charge in [0.25, 0.3) is 0 Å². The zero-order valence-electron chi connectivity index (χ0n) is 10.5. The van der Waals surface area contributed by atoms with Crippen LogP contribution >= 0.6 is 11.6 Å². The first kappa shape index (κ1) is 14.7. The van der Waals surface area contributed by atoms with Gasteiger partial charge in [0.05, 0.1) is 5.69 Å². The molecule has 0 bridgehead atoms. The van der Waals surface area contributed by atoms with Crippen molar-refractivity contribution in [1.29, 1.82) is 0 Å². The number of ether oxygens (including phenoxy) is 1. The van der Waals surface area contributed by atoms with Gasteiger partial charge in [-0.25, -0.2) is 0 Å². The van der Waals surface area contributed by atoms with Crippen LogP contribution in [0.2, 0.25) is 0 Å². The highest BCUT2D eigenvalue weighted by Crippen LogP contribution is 2.26. The number of hydrogen-bond donors (Lipinski definition) is 0. The summed E-state index contributed by atoms with van der Waals surface area (Å²) in [5.41, 5.74) is 3.11. The van der Waals surface area contributed by atoms with Gasteiger partial charge in [-0.15, -0.1) is 24.8 Å². The predicted octanol–water partition coefficient (Wildman–Crippen LogP) is 4.69. The first-order valence-corrected chi connectivity index (χ1v) is 6.31. The fourth-order valence-corrected chi connectivity index (χ4v) is 2.00. The van der Waals surface area contributed by atoms with E-state index in [1.165, 1.54) is 24.3 Å². The standard InChI is InChI=1S/C14H11ClF3NO/c1-9-11(8-15)4-7-13(19-9)10-2-5-12(6-3-10)20-14(16,17)18/h2-7H,8H2,1H3. The van der Waals surface area contributed by atoms with E-state index in [0.29, 0.717) is 17.1 Å². The van der Waals surface area contributed by atoms with E-state index in [2.05, 4.69) is 9.72 Å². The summed E-state index contributed by atoms with van der Waals surface area (Å²) in [6, 6.07) is 9.21. The Bertz CT molecular complexity index is 596. The molecule has 6 heteroatoms. The second-order valence-corrected chi connectivity index (χ2v) is 4.41. The van der Waals surface area contributed by atoms with Gasteiger partial charge in [0.15, 0.2) is 0 Å². The van der Waals surface area contributed by atoms with Crippen LogP contribution < -0.4 is 4.74 Å². The molecule has 2 rings (SSSR count). The molecule has 2 nitrogen and oxygen atoms in total. The summed E-state index contributed by atoms with van der Waals surface area (Å²) in [5.74, 6) is 0.118. The van der Waals surface area contributed by atoms with E-state index >= 15 is 0 Å². The number of halogens is 4. The topological polar surface area (TPSA) is 22.1 Å². The first-order valence-electron chi connectivity index (χ1n) is 5.78. The van der Waals surface area contributed by atoms with Crippen LogP contribution in [0.25, 0.3) is 11.3 Å². The molecule has 0 aliphatic carbocycles. The second kappa shape index (κ2) is 5.71. The smallest absolute Gasteiger partial charge is 0.406 e. The van der Waals surface area contributed by atoms with Crippen molar-refractivity contribution in [3.8, 4) is 17.0 Å². The van der Waals surface area contributed by atoms with Gasteiger partial charge in [0.1, 0.15) is 5.75 Å².